The molecule has 1 aromatic carbocycles. The molecule has 120 valence electrons. The lowest BCUT2D eigenvalue weighted by Crippen LogP contribution is -2.33. The quantitative estimate of drug-likeness (QED) is 0.805. The second-order valence-electron chi connectivity index (χ2n) is 6.62. The summed E-state index contributed by atoms with van der Waals surface area (Å²) in [6.45, 7) is 5.93. The first-order valence-corrected chi connectivity index (χ1v) is 9.36. The fourth-order valence-electron chi connectivity index (χ4n) is 3.87. The van der Waals surface area contributed by atoms with Gasteiger partial charge in [-0.05, 0) is 67.5 Å². The summed E-state index contributed by atoms with van der Waals surface area (Å²) in [4.78, 5) is 6.14. The highest BCUT2D eigenvalue weighted by Gasteiger charge is 2.18. The van der Waals surface area contributed by atoms with Crippen molar-refractivity contribution in [2.45, 2.75) is 39.0 Å². The molecule has 3 heteroatoms. The fourth-order valence-corrected chi connectivity index (χ4v) is 4.23. The van der Waals surface area contributed by atoms with Crippen molar-refractivity contribution in [3.8, 4) is 0 Å². The number of rotatable bonds is 4. The number of aromatic nitrogens is 1. The average Bonchev–Trinajstić information content (AvgIpc) is 2.94. The highest BCUT2D eigenvalue weighted by molar-refractivity contribution is 7.80. The predicted octanol–water partition coefficient (Wildman–Crippen LogP) is 4.30. The van der Waals surface area contributed by atoms with Crippen molar-refractivity contribution in [3.63, 3.8) is 0 Å². The van der Waals surface area contributed by atoms with Crippen LogP contribution >= 0.6 is 12.6 Å². The molecule has 0 spiro atoms. The first-order valence-electron chi connectivity index (χ1n) is 8.73. The number of hydrogen-bond donors (Lipinski definition) is 2. The van der Waals surface area contributed by atoms with Crippen LogP contribution in [0.1, 0.15) is 37.3 Å². The van der Waals surface area contributed by atoms with Crippen LogP contribution in [0.15, 0.2) is 24.4 Å². The van der Waals surface area contributed by atoms with Crippen molar-refractivity contribution in [2.24, 2.45) is 5.92 Å². The average molecular weight is 317 g/mol. The molecule has 22 heavy (non-hydrogen) atoms. The van der Waals surface area contributed by atoms with Gasteiger partial charge in [-0.1, -0.05) is 19.1 Å². The summed E-state index contributed by atoms with van der Waals surface area (Å²) in [5.74, 6) is 1.78. The van der Waals surface area contributed by atoms with Crippen LogP contribution < -0.4 is 0 Å². The van der Waals surface area contributed by atoms with Crippen molar-refractivity contribution < 1.29 is 0 Å². The third kappa shape index (κ3) is 3.52. The lowest BCUT2D eigenvalue weighted by molar-refractivity contribution is 0.223. The van der Waals surface area contributed by atoms with Gasteiger partial charge in [-0.25, -0.2) is 0 Å². The van der Waals surface area contributed by atoms with Crippen LogP contribution in [-0.2, 0) is 12.8 Å². The summed E-state index contributed by atoms with van der Waals surface area (Å²) in [7, 11) is 0. The molecule has 3 rings (SSSR count). The molecule has 0 bridgehead atoms. The van der Waals surface area contributed by atoms with Crippen LogP contribution in [0.2, 0.25) is 0 Å². The summed E-state index contributed by atoms with van der Waals surface area (Å²) in [6, 6.07) is 6.73. The molecule has 0 fully saturated rings. The topological polar surface area (TPSA) is 19.0 Å². The minimum Gasteiger partial charge on any atom is -0.361 e. The van der Waals surface area contributed by atoms with E-state index >= 15 is 0 Å². The Morgan fingerprint density at radius 1 is 1.27 bits per heavy atom. The molecule has 1 N–H and O–H groups in total. The first kappa shape index (κ1) is 15.9. The monoisotopic (exact) mass is 316 g/mol. The third-order valence-corrected chi connectivity index (χ3v) is 5.24. The molecule has 1 aromatic heterocycles. The zero-order valence-corrected chi connectivity index (χ0v) is 14.5. The fraction of sp³-hybridized carbons (Fsp3) is 0.579. The van der Waals surface area contributed by atoms with Crippen LogP contribution in [0, 0.1) is 5.92 Å². The Morgan fingerprint density at radius 3 is 3.00 bits per heavy atom. The van der Waals surface area contributed by atoms with Crippen LogP contribution in [0.25, 0.3) is 10.9 Å². The minimum atomic E-state index is 0.778. The summed E-state index contributed by atoms with van der Waals surface area (Å²) in [5, 5.41) is 1.49. The highest BCUT2D eigenvalue weighted by Crippen LogP contribution is 2.27. The van der Waals surface area contributed by atoms with Crippen molar-refractivity contribution in [1.82, 2.24) is 9.88 Å². The second kappa shape index (κ2) is 7.56. The maximum atomic E-state index is 4.48. The molecule has 1 aliphatic heterocycles. The Morgan fingerprint density at radius 2 is 2.18 bits per heavy atom. The molecule has 0 amide bonds. The van der Waals surface area contributed by atoms with Gasteiger partial charge in [0, 0.05) is 30.2 Å². The van der Waals surface area contributed by atoms with Crippen molar-refractivity contribution in [1.29, 1.82) is 0 Å². The number of aryl methyl sites for hydroxylation is 1. The van der Waals surface area contributed by atoms with E-state index in [2.05, 4.69) is 53.8 Å². The van der Waals surface area contributed by atoms with E-state index in [1.807, 2.05) is 0 Å². The van der Waals surface area contributed by atoms with Gasteiger partial charge in [0.15, 0.2) is 0 Å². The molecule has 1 atom stereocenters. The van der Waals surface area contributed by atoms with Gasteiger partial charge < -0.3 is 9.88 Å². The zero-order chi connectivity index (χ0) is 15.4. The number of H-pyrrole nitrogens is 1. The van der Waals surface area contributed by atoms with E-state index in [-0.39, 0.29) is 0 Å². The summed E-state index contributed by atoms with van der Waals surface area (Å²) >= 11 is 4.48. The van der Waals surface area contributed by atoms with Crippen LogP contribution in [0.5, 0.6) is 0 Å². The minimum absolute atomic E-state index is 0.778. The van der Waals surface area contributed by atoms with E-state index < -0.39 is 0 Å². The Balaban J connectivity index is 1.91. The van der Waals surface area contributed by atoms with Crippen LogP contribution in [0.4, 0.5) is 0 Å². The summed E-state index contributed by atoms with van der Waals surface area (Å²) in [5.41, 5.74) is 4.34. The van der Waals surface area contributed by atoms with Gasteiger partial charge in [0.05, 0.1) is 0 Å². The van der Waals surface area contributed by atoms with Crippen LogP contribution in [0.3, 0.4) is 0 Å². The molecule has 0 radical (unpaired) electrons. The molecule has 0 aliphatic carbocycles. The number of nitrogens with one attached hydrogen (secondary N) is 1. The van der Waals surface area contributed by atoms with E-state index in [1.165, 1.54) is 67.3 Å². The summed E-state index contributed by atoms with van der Waals surface area (Å²) < 4.78 is 0. The molecule has 2 nitrogen and oxygen atoms in total. The smallest absolute Gasteiger partial charge is 0.0459 e. The number of thiol groups is 1. The SMILES string of the molecule is CCCN1CCc2c[nH]c3cccc(c23)CC[C@@H](CCS)C1. The molecule has 2 aromatic rings. The molecule has 0 unspecified atom stereocenters. The number of aromatic amines is 1. The van der Waals surface area contributed by atoms with E-state index in [1.54, 1.807) is 0 Å². The summed E-state index contributed by atoms with van der Waals surface area (Å²) in [6.07, 6.45) is 8.34. The van der Waals surface area contributed by atoms with Gasteiger partial charge in [-0.3, -0.25) is 0 Å². The van der Waals surface area contributed by atoms with E-state index in [4.69, 9.17) is 0 Å². The number of benzene rings is 1. The number of nitrogens with zero attached hydrogens (tertiary/aromatic N) is 1. The van der Waals surface area contributed by atoms with Gasteiger partial charge in [0.25, 0.3) is 0 Å². The van der Waals surface area contributed by atoms with Crippen LogP contribution in [-0.4, -0.2) is 35.3 Å². The van der Waals surface area contributed by atoms with E-state index in [0.29, 0.717) is 0 Å². The van der Waals surface area contributed by atoms with E-state index in [9.17, 15) is 0 Å². The maximum absolute atomic E-state index is 4.48. The van der Waals surface area contributed by atoms with Gasteiger partial charge in [0.2, 0.25) is 0 Å². The largest absolute Gasteiger partial charge is 0.361 e. The lowest BCUT2D eigenvalue weighted by atomic mass is 9.92. The first-order chi connectivity index (χ1) is 10.8. The highest BCUT2D eigenvalue weighted by atomic mass is 32.1. The Bertz CT molecular complexity index is 605. The van der Waals surface area contributed by atoms with Gasteiger partial charge in [-0.15, -0.1) is 0 Å². The molecule has 1 aliphatic rings. The predicted molar refractivity (Wildman–Crippen MR) is 99.0 cm³/mol. The number of hydrogen-bond acceptors (Lipinski definition) is 2. The molecule has 0 saturated carbocycles. The molecule has 2 heterocycles. The molecule has 0 saturated heterocycles. The Kier molecular flexibility index (Phi) is 5.48. The van der Waals surface area contributed by atoms with E-state index in [0.717, 1.165) is 18.1 Å². The normalized spacial score (nSPS) is 20.4. The zero-order valence-electron chi connectivity index (χ0n) is 13.6. The van der Waals surface area contributed by atoms with Crippen molar-refractivity contribution in [2.75, 3.05) is 25.4 Å². The Labute approximate surface area is 139 Å². The van der Waals surface area contributed by atoms with Gasteiger partial charge >= 0.3 is 0 Å². The molecular weight excluding hydrogens is 288 g/mol. The third-order valence-electron chi connectivity index (χ3n) is 4.99. The second-order valence-corrected chi connectivity index (χ2v) is 7.07. The van der Waals surface area contributed by atoms with Gasteiger partial charge in [-0.2, -0.15) is 12.6 Å². The Hall–Kier alpha value is -0.930. The standard InChI is InChI=1S/C19H28N2S/c1-2-10-21-11-8-17-13-20-18-5-3-4-16(19(17)18)7-6-15(14-21)9-12-22/h3-5,13,15,20,22H,2,6-12,14H2,1H3/t15-/m0/s1. The maximum Gasteiger partial charge on any atom is 0.0459 e. The van der Waals surface area contributed by atoms with Crippen molar-refractivity contribution >= 4 is 23.5 Å². The lowest BCUT2D eigenvalue weighted by Gasteiger charge is -2.28. The van der Waals surface area contributed by atoms with Crippen molar-refractivity contribution in [3.05, 3.63) is 35.5 Å². The molecular formula is C19H28N2S. The van der Waals surface area contributed by atoms with Gasteiger partial charge in [0.1, 0.15) is 0 Å².